The molecule has 4 N–H and O–H groups in total. The molecule has 0 bridgehead atoms. The first-order valence-corrected chi connectivity index (χ1v) is 8.19. The highest BCUT2D eigenvalue weighted by Gasteiger charge is 2.31. The van der Waals surface area contributed by atoms with Crippen molar-refractivity contribution in [3.8, 4) is 5.75 Å². The molecule has 0 radical (unpaired) electrons. The summed E-state index contributed by atoms with van der Waals surface area (Å²) in [6, 6.07) is 5.72. The van der Waals surface area contributed by atoms with Gasteiger partial charge in [-0.3, -0.25) is 4.79 Å². The number of quaternary nitrogens is 2. The minimum atomic E-state index is -4.71. The summed E-state index contributed by atoms with van der Waals surface area (Å²) in [4.78, 5) is 13.5. The van der Waals surface area contributed by atoms with Crippen molar-refractivity contribution in [2.75, 3.05) is 31.5 Å². The van der Waals surface area contributed by atoms with Gasteiger partial charge in [-0.1, -0.05) is 0 Å². The molecule has 1 aliphatic rings. The second-order valence-corrected chi connectivity index (χ2v) is 5.95. The maximum absolute atomic E-state index is 12.1. The number of benzene rings is 1. The van der Waals surface area contributed by atoms with Gasteiger partial charge in [-0.15, -0.1) is 13.2 Å². The number of nitrogens with one attached hydrogen (secondary N) is 2. The monoisotopic (exact) mass is 347 g/mol. The van der Waals surface area contributed by atoms with E-state index in [2.05, 4.69) is 17.0 Å². The van der Waals surface area contributed by atoms with E-state index in [-0.39, 0.29) is 11.7 Å². The van der Waals surface area contributed by atoms with Crippen molar-refractivity contribution in [1.82, 2.24) is 0 Å². The number of likely N-dealkylation sites (tertiary alicyclic amines) is 1. The summed E-state index contributed by atoms with van der Waals surface area (Å²) in [5.41, 5.74) is 0.449. The van der Waals surface area contributed by atoms with Gasteiger partial charge in [-0.05, 0) is 31.2 Å². The van der Waals surface area contributed by atoms with E-state index in [1.807, 2.05) is 5.32 Å². The molecular formula is C16H24F3N3O2+2. The smallest absolute Gasteiger partial charge is 0.406 e. The van der Waals surface area contributed by atoms with Crippen LogP contribution >= 0.6 is 0 Å². The van der Waals surface area contributed by atoms with Crippen LogP contribution in [0.3, 0.4) is 0 Å². The Morgan fingerprint density at radius 3 is 2.71 bits per heavy atom. The van der Waals surface area contributed by atoms with Gasteiger partial charge in [-0.25, -0.2) is 0 Å². The molecule has 1 aromatic carbocycles. The molecular weight excluding hydrogens is 323 g/mol. The van der Waals surface area contributed by atoms with Crippen LogP contribution in [0, 0.1) is 0 Å². The molecule has 1 heterocycles. The molecule has 1 amide bonds. The van der Waals surface area contributed by atoms with E-state index < -0.39 is 6.36 Å². The van der Waals surface area contributed by atoms with E-state index in [1.165, 1.54) is 43.7 Å². The fourth-order valence-corrected chi connectivity index (χ4v) is 3.10. The van der Waals surface area contributed by atoms with Crippen molar-refractivity contribution >= 4 is 11.6 Å². The van der Waals surface area contributed by atoms with Crippen molar-refractivity contribution in [3.63, 3.8) is 0 Å². The zero-order valence-corrected chi connectivity index (χ0v) is 13.7. The largest absolute Gasteiger partial charge is 0.573 e. The fourth-order valence-electron chi connectivity index (χ4n) is 3.10. The average molecular weight is 347 g/mol. The predicted octanol–water partition coefficient (Wildman–Crippen LogP) is 0.154. The molecule has 134 valence electrons. The number of nitrogens with two attached hydrogens (primary N) is 1. The van der Waals surface area contributed by atoms with Gasteiger partial charge >= 0.3 is 6.36 Å². The maximum atomic E-state index is 12.1. The van der Waals surface area contributed by atoms with Crippen LogP contribution in [-0.2, 0) is 4.79 Å². The summed E-state index contributed by atoms with van der Waals surface area (Å²) in [6.45, 7) is 5.69. The van der Waals surface area contributed by atoms with Gasteiger partial charge in [0.05, 0.1) is 13.1 Å². The molecule has 24 heavy (non-hydrogen) atoms. The number of hydrogen-bond donors (Lipinski definition) is 3. The standard InChI is InChI=1S/C16H22F3N3O2/c1-2-22-9-3-4-13(22)10-20-11-15(23)21-12-5-7-14(8-6-12)24-16(17,18)19/h5-8,13,20H,2-4,9-11H2,1H3,(H,21,23)/p+2/t13-/m0/s1. The maximum Gasteiger partial charge on any atom is 0.573 e. The molecule has 1 aromatic rings. The van der Waals surface area contributed by atoms with Crippen LogP contribution in [0.4, 0.5) is 18.9 Å². The Hall–Kier alpha value is -1.80. The molecule has 2 rings (SSSR count). The van der Waals surface area contributed by atoms with Crippen LogP contribution in [0.25, 0.3) is 0 Å². The number of rotatable bonds is 7. The molecule has 0 aromatic heterocycles. The van der Waals surface area contributed by atoms with E-state index in [4.69, 9.17) is 0 Å². The average Bonchev–Trinajstić information content (AvgIpc) is 2.95. The number of halogens is 3. The van der Waals surface area contributed by atoms with E-state index in [0.717, 1.165) is 13.1 Å². The van der Waals surface area contributed by atoms with Crippen LogP contribution in [0.2, 0.25) is 0 Å². The topological polar surface area (TPSA) is 59.4 Å². The van der Waals surface area contributed by atoms with E-state index in [9.17, 15) is 18.0 Å². The Labute approximate surface area is 139 Å². The Morgan fingerprint density at radius 2 is 2.08 bits per heavy atom. The fraction of sp³-hybridized carbons (Fsp3) is 0.562. The Kier molecular flexibility index (Phi) is 6.44. The lowest BCUT2D eigenvalue weighted by atomic mass is 10.2. The molecule has 0 spiro atoms. The number of likely N-dealkylation sites (N-methyl/N-ethyl adjacent to an activating group) is 1. The molecule has 2 atom stereocenters. The Balaban J connectivity index is 1.72. The van der Waals surface area contributed by atoms with Gasteiger partial charge in [0, 0.05) is 18.5 Å². The summed E-state index contributed by atoms with van der Waals surface area (Å²) >= 11 is 0. The third-order valence-electron chi connectivity index (χ3n) is 4.23. The zero-order chi connectivity index (χ0) is 17.6. The number of anilines is 1. The van der Waals surface area contributed by atoms with Crippen molar-refractivity contribution in [2.45, 2.75) is 32.2 Å². The normalized spacial score (nSPS) is 20.8. The summed E-state index contributed by atoms with van der Waals surface area (Å²) in [7, 11) is 0. The highest BCUT2D eigenvalue weighted by Crippen LogP contribution is 2.23. The number of hydrogen-bond acceptors (Lipinski definition) is 2. The number of ether oxygens (including phenoxy) is 1. The lowest BCUT2D eigenvalue weighted by Crippen LogP contribution is -3.16. The van der Waals surface area contributed by atoms with Gasteiger partial charge < -0.3 is 20.3 Å². The van der Waals surface area contributed by atoms with Crippen LogP contribution in [0.15, 0.2) is 24.3 Å². The second kappa shape index (κ2) is 8.34. The van der Waals surface area contributed by atoms with Gasteiger partial charge in [-0.2, -0.15) is 0 Å². The van der Waals surface area contributed by atoms with Crippen molar-refractivity contribution in [2.24, 2.45) is 0 Å². The highest BCUT2D eigenvalue weighted by atomic mass is 19.4. The Bertz CT molecular complexity index is 534. The highest BCUT2D eigenvalue weighted by molar-refractivity contribution is 5.91. The first-order valence-electron chi connectivity index (χ1n) is 8.19. The SMILES string of the molecule is CC[NH+]1CCC[C@H]1C[NH2+]CC(=O)Nc1ccc(OC(F)(F)F)cc1. The number of amides is 1. The predicted molar refractivity (Wildman–Crippen MR) is 82.8 cm³/mol. The number of carbonyl (C=O) groups excluding carboxylic acids is 1. The van der Waals surface area contributed by atoms with Crippen LogP contribution in [0.1, 0.15) is 19.8 Å². The molecule has 1 unspecified atom stereocenters. The summed E-state index contributed by atoms with van der Waals surface area (Å²) in [5, 5.41) is 4.66. The molecule has 8 heteroatoms. The number of carbonyl (C=O) groups is 1. The van der Waals surface area contributed by atoms with Gasteiger partial charge in [0.2, 0.25) is 0 Å². The van der Waals surface area contributed by atoms with Gasteiger partial charge in [0.15, 0.2) is 6.54 Å². The molecule has 1 fully saturated rings. The minimum Gasteiger partial charge on any atom is -0.406 e. The van der Waals surface area contributed by atoms with Crippen LogP contribution in [-0.4, -0.2) is 44.5 Å². The van der Waals surface area contributed by atoms with Crippen LogP contribution in [0.5, 0.6) is 5.75 Å². The third-order valence-corrected chi connectivity index (χ3v) is 4.23. The van der Waals surface area contributed by atoms with Gasteiger partial charge in [0.1, 0.15) is 18.3 Å². The van der Waals surface area contributed by atoms with E-state index >= 15 is 0 Å². The molecule has 0 aliphatic carbocycles. The van der Waals surface area contributed by atoms with Crippen molar-refractivity contribution < 1.29 is 32.9 Å². The molecule has 1 saturated heterocycles. The molecule has 1 aliphatic heterocycles. The molecule has 0 saturated carbocycles. The first kappa shape index (κ1) is 18.5. The lowest BCUT2D eigenvalue weighted by Gasteiger charge is -2.18. The van der Waals surface area contributed by atoms with Crippen molar-refractivity contribution in [3.05, 3.63) is 24.3 Å². The summed E-state index contributed by atoms with van der Waals surface area (Å²) in [6.07, 6.45) is -2.28. The zero-order valence-electron chi connectivity index (χ0n) is 13.7. The minimum absolute atomic E-state index is 0.171. The third kappa shape index (κ3) is 6.01. The summed E-state index contributed by atoms with van der Waals surface area (Å²) in [5.74, 6) is -0.480. The van der Waals surface area contributed by atoms with E-state index in [1.54, 1.807) is 4.90 Å². The van der Waals surface area contributed by atoms with Crippen molar-refractivity contribution in [1.29, 1.82) is 0 Å². The quantitative estimate of drug-likeness (QED) is 0.658. The number of alkyl halides is 3. The van der Waals surface area contributed by atoms with Crippen LogP contribution < -0.4 is 20.3 Å². The first-order chi connectivity index (χ1) is 11.4. The Morgan fingerprint density at radius 1 is 1.38 bits per heavy atom. The summed E-state index contributed by atoms with van der Waals surface area (Å²) < 4.78 is 40.0. The van der Waals surface area contributed by atoms with Gasteiger partial charge in [0.25, 0.3) is 5.91 Å². The lowest BCUT2D eigenvalue weighted by molar-refractivity contribution is -0.923. The second-order valence-electron chi connectivity index (χ2n) is 5.95. The molecule has 5 nitrogen and oxygen atoms in total. The van der Waals surface area contributed by atoms with E-state index in [0.29, 0.717) is 18.3 Å².